The summed E-state index contributed by atoms with van der Waals surface area (Å²) in [4.78, 5) is 26.0. The Labute approximate surface area is 232 Å². The van der Waals surface area contributed by atoms with Crippen LogP contribution in [0.1, 0.15) is 55.6 Å². The largest absolute Gasteiger partial charge is 0.452 e. The number of hydrogen-bond donors (Lipinski definition) is 1. The van der Waals surface area contributed by atoms with Gasteiger partial charge in [0.1, 0.15) is 5.82 Å². The number of aliphatic hydroxyl groups is 1. The highest BCUT2D eigenvalue weighted by Gasteiger charge is 2.48. The Kier molecular flexibility index (Phi) is 7.60. The van der Waals surface area contributed by atoms with Gasteiger partial charge in [0.25, 0.3) is 0 Å². The van der Waals surface area contributed by atoms with Gasteiger partial charge in [-0.25, -0.2) is 8.78 Å². The van der Waals surface area contributed by atoms with Crippen LogP contribution in [0.5, 0.6) is 11.5 Å². The SMILES string of the molecule is Cc1cn(-c2cc(C(C)(C)O)ccc2Oc2ccc(F)cc2F)c2cc(C(=O)CC(C)(C)C(F)(F)F)ccc2c1=O. The van der Waals surface area contributed by atoms with E-state index in [1.54, 1.807) is 32.9 Å². The molecule has 216 valence electrons. The van der Waals surface area contributed by atoms with Gasteiger partial charge in [-0.15, -0.1) is 0 Å². The van der Waals surface area contributed by atoms with Crippen LogP contribution in [0.3, 0.4) is 0 Å². The first-order valence-corrected chi connectivity index (χ1v) is 12.7. The van der Waals surface area contributed by atoms with Crippen molar-refractivity contribution in [2.45, 2.75) is 52.8 Å². The molecule has 0 amide bonds. The number of aromatic nitrogens is 1. The number of ether oxygens (including phenoxy) is 1. The monoisotopic (exact) mass is 573 g/mol. The van der Waals surface area contributed by atoms with E-state index in [0.717, 1.165) is 26.0 Å². The van der Waals surface area contributed by atoms with E-state index in [-0.39, 0.29) is 39.1 Å². The summed E-state index contributed by atoms with van der Waals surface area (Å²) in [7, 11) is 0. The Hall–Kier alpha value is -4.05. The Balaban J connectivity index is 1.96. The van der Waals surface area contributed by atoms with Crippen LogP contribution in [0, 0.1) is 24.0 Å². The molecular formula is C31H28F5NO4. The smallest absolute Gasteiger partial charge is 0.394 e. The molecule has 5 nitrogen and oxygen atoms in total. The summed E-state index contributed by atoms with van der Waals surface area (Å²) in [5.41, 5.74) is -2.91. The number of carbonyl (C=O) groups excluding carboxylic acids is 1. The van der Waals surface area contributed by atoms with Crippen LogP contribution in [0.25, 0.3) is 16.6 Å². The number of nitrogens with zero attached hydrogens (tertiary/aromatic N) is 1. The van der Waals surface area contributed by atoms with Gasteiger partial charge in [-0.1, -0.05) is 26.0 Å². The normalized spacial score (nSPS) is 12.6. The number of alkyl halides is 3. The van der Waals surface area contributed by atoms with Gasteiger partial charge in [-0.05, 0) is 62.7 Å². The molecule has 0 aliphatic carbocycles. The van der Waals surface area contributed by atoms with Gasteiger partial charge >= 0.3 is 6.18 Å². The molecule has 1 N–H and O–H groups in total. The lowest BCUT2D eigenvalue weighted by atomic mass is 9.84. The summed E-state index contributed by atoms with van der Waals surface area (Å²) < 4.78 is 75.7. The van der Waals surface area contributed by atoms with Crippen molar-refractivity contribution < 1.29 is 36.6 Å². The first-order valence-electron chi connectivity index (χ1n) is 12.7. The number of aryl methyl sites for hydroxylation is 1. The first-order chi connectivity index (χ1) is 18.9. The van der Waals surface area contributed by atoms with Crippen molar-refractivity contribution >= 4 is 16.7 Å². The van der Waals surface area contributed by atoms with Crippen molar-refractivity contribution in [1.82, 2.24) is 4.57 Å². The van der Waals surface area contributed by atoms with Crippen molar-refractivity contribution in [1.29, 1.82) is 0 Å². The van der Waals surface area contributed by atoms with Gasteiger partial charge in [-0.3, -0.25) is 9.59 Å². The molecule has 41 heavy (non-hydrogen) atoms. The molecule has 0 saturated carbocycles. The molecule has 0 bridgehead atoms. The van der Waals surface area contributed by atoms with Crippen LogP contribution in [0.15, 0.2) is 65.6 Å². The second kappa shape index (κ2) is 10.4. The second-order valence-electron chi connectivity index (χ2n) is 11.1. The summed E-state index contributed by atoms with van der Waals surface area (Å²) >= 11 is 0. The van der Waals surface area contributed by atoms with E-state index in [1.807, 2.05) is 0 Å². The summed E-state index contributed by atoms with van der Waals surface area (Å²) in [6.07, 6.45) is -3.97. The van der Waals surface area contributed by atoms with Crippen molar-refractivity contribution in [3.63, 3.8) is 0 Å². The summed E-state index contributed by atoms with van der Waals surface area (Å²) in [6, 6.07) is 11.3. The Morgan fingerprint density at radius 2 is 1.59 bits per heavy atom. The van der Waals surface area contributed by atoms with E-state index in [0.29, 0.717) is 17.2 Å². The molecule has 4 aromatic rings. The maximum atomic E-state index is 14.5. The van der Waals surface area contributed by atoms with Crippen LogP contribution in [0.2, 0.25) is 0 Å². The molecule has 0 aliphatic rings. The summed E-state index contributed by atoms with van der Waals surface area (Å²) in [6.45, 7) is 6.51. The van der Waals surface area contributed by atoms with Gasteiger partial charge in [0, 0.05) is 35.2 Å². The Morgan fingerprint density at radius 3 is 2.20 bits per heavy atom. The van der Waals surface area contributed by atoms with E-state index >= 15 is 0 Å². The quantitative estimate of drug-likeness (QED) is 0.181. The Morgan fingerprint density at radius 1 is 0.927 bits per heavy atom. The third kappa shape index (κ3) is 6.02. The van der Waals surface area contributed by atoms with Crippen LogP contribution in [-0.2, 0) is 5.60 Å². The third-order valence-corrected chi connectivity index (χ3v) is 6.91. The molecule has 0 unspecified atom stereocenters. The van der Waals surface area contributed by atoms with Crippen LogP contribution in [-0.4, -0.2) is 21.6 Å². The molecule has 1 heterocycles. The lowest BCUT2D eigenvalue weighted by Gasteiger charge is -2.27. The van der Waals surface area contributed by atoms with E-state index in [4.69, 9.17) is 4.74 Å². The van der Waals surface area contributed by atoms with Crippen molar-refractivity contribution in [2.75, 3.05) is 0 Å². The highest BCUT2D eigenvalue weighted by Crippen LogP contribution is 2.41. The highest BCUT2D eigenvalue weighted by molar-refractivity contribution is 6.00. The summed E-state index contributed by atoms with van der Waals surface area (Å²) in [5, 5.41) is 10.9. The number of Topliss-reactive ketones (excluding diaryl/α,β-unsaturated/α-hetero) is 1. The predicted octanol–water partition coefficient (Wildman–Crippen LogP) is 7.76. The molecule has 0 radical (unpaired) electrons. The number of fused-ring (bicyclic) bond motifs is 1. The van der Waals surface area contributed by atoms with Crippen molar-refractivity contribution in [3.05, 3.63) is 99.3 Å². The summed E-state index contributed by atoms with van der Waals surface area (Å²) in [5.74, 6) is -2.79. The van der Waals surface area contributed by atoms with E-state index in [9.17, 15) is 36.6 Å². The molecule has 0 saturated heterocycles. The molecule has 3 aromatic carbocycles. The molecule has 10 heteroatoms. The molecule has 0 fully saturated rings. The van der Waals surface area contributed by atoms with Gasteiger partial charge in [0.15, 0.2) is 28.5 Å². The molecule has 1 aromatic heterocycles. The predicted molar refractivity (Wildman–Crippen MR) is 145 cm³/mol. The molecule has 4 rings (SSSR count). The maximum Gasteiger partial charge on any atom is 0.394 e. The minimum absolute atomic E-state index is 0.0440. The van der Waals surface area contributed by atoms with Crippen LogP contribution < -0.4 is 10.2 Å². The fourth-order valence-electron chi connectivity index (χ4n) is 4.28. The van der Waals surface area contributed by atoms with Crippen molar-refractivity contribution in [2.24, 2.45) is 5.41 Å². The van der Waals surface area contributed by atoms with Gasteiger partial charge in [0.05, 0.1) is 22.2 Å². The van der Waals surface area contributed by atoms with E-state index in [1.165, 1.54) is 35.0 Å². The average Bonchev–Trinajstić information content (AvgIpc) is 2.86. The fourth-order valence-corrected chi connectivity index (χ4v) is 4.28. The fraction of sp³-hybridized carbons (Fsp3) is 0.290. The average molecular weight is 574 g/mol. The zero-order valence-electron chi connectivity index (χ0n) is 23.0. The third-order valence-electron chi connectivity index (χ3n) is 6.91. The number of benzene rings is 3. The first kappa shape index (κ1) is 29.9. The van der Waals surface area contributed by atoms with Gasteiger partial charge in [0.2, 0.25) is 0 Å². The number of rotatable bonds is 7. The zero-order valence-corrected chi connectivity index (χ0v) is 23.0. The van der Waals surface area contributed by atoms with E-state index < -0.39 is 41.0 Å². The maximum absolute atomic E-state index is 14.5. The minimum Gasteiger partial charge on any atom is -0.452 e. The lowest BCUT2D eigenvalue weighted by Crippen LogP contribution is -2.34. The lowest BCUT2D eigenvalue weighted by molar-refractivity contribution is -0.210. The minimum atomic E-state index is -4.61. The molecular weight excluding hydrogens is 545 g/mol. The standard InChI is InChI=1S/C31H28F5NO4/c1-17-16-37(23-12-18(6-9-21(23)28(17)39)25(38)15-29(2,3)31(34,35)36)24-13-19(30(4,5)40)7-10-27(24)41-26-11-8-20(32)14-22(26)33/h6-14,16,40H,15H2,1-5H3. The van der Waals surface area contributed by atoms with Gasteiger partial charge in [-0.2, -0.15) is 13.2 Å². The van der Waals surface area contributed by atoms with Crippen LogP contribution in [0.4, 0.5) is 22.0 Å². The molecule has 0 spiro atoms. The topological polar surface area (TPSA) is 68.5 Å². The Bertz CT molecular complexity index is 1720. The zero-order chi connectivity index (χ0) is 30.5. The highest BCUT2D eigenvalue weighted by atomic mass is 19.4. The second-order valence-corrected chi connectivity index (χ2v) is 11.1. The number of hydrogen-bond acceptors (Lipinski definition) is 4. The van der Waals surface area contributed by atoms with Crippen molar-refractivity contribution in [3.8, 4) is 17.2 Å². The number of halogens is 5. The van der Waals surface area contributed by atoms with Gasteiger partial charge < -0.3 is 14.4 Å². The number of ketones is 1. The van der Waals surface area contributed by atoms with E-state index in [2.05, 4.69) is 0 Å². The molecule has 0 atom stereocenters. The van der Waals surface area contributed by atoms with Crippen LogP contribution >= 0.6 is 0 Å². The number of carbonyl (C=O) groups is 1. The molecule has 0 aliphatic heterocycles. The number of pyridine rings is 1.